The third kappa shape index (κ3) is 5.90. The molecule has 1 aliphatic rings. The molecular formula is C26H20ClFN2O4S. The van der Waals surface area contributed by atoms with Crippen LogP contribution in [0.25, 0.3) is 6.08 Å². The number of halogens is 2. The number of thioether (sulfide) groups is 1. The van der Waals surface area contributed by atoms with Crippen LogP contribution >= 0.6 is 23.4 Å². The van der Waals surface area contributed by atoms with Crippen molar-refractivity contribution in [2.45, 2.75) is 13.5 Å². The van der Waals surface area contributed by atoms with E-state index in [9.17, 15) is 18.8 Å². The van der Waals surface area contributed by atoms with Gasteiger partial charge in [0.2, 0.25) is 0 Å². The summed E-state index contributed by atoms with van der Waals surface area (Å²) in [6.45, 7) is 1.43. The minimum Gasteiger partial charge on any atom is -0.483 e. The standard InChI is InChI=1S/C26H20ClFN2O4S/c1-16-10-11-19(13-20(16)27)29-24(31)15-34-22-9-5-3-6-17(22)12-23-25(32)30(26(33)35-23)14-18-7-2-4-8-21(18)28/h2-13H,14-15H2,1H3,(H,29,31)/b23-12-. The fourth-order valence-electron chi connectivity index (χ4n) is 3.32. The first-order chi connectivity index (χ1) is 16.8. The summed E-state index contributed by atoms with van der Waals surface area (Å²) in [5.74, 6) is -1.03. The maximum Gasteiger partial charge on any atom is 0.293 e. The fourth-order valence-corrected chi connectivity index (χ4v) is 4.33. The number of carbonyl (C=O) groups is 3. The number of rotatable bonds is 7. The average molecular weight is 511 g/mol. The first-order valence-electron chi connectivity index (χ1n) is 10.6. The highest BCUT2D eigenvalue weighted by Crippen LogP contribution is 2.35. The molecule has 0 saturated carbocycles. The zero-order chi connectivity index (χ0) is 24.9. The Morgan fingerprint density at radius 1 is 1.11 bits per heavy atom. The number of amides is 3. The predicted molar refractivity (Wildman–Crippen MR) is 135 cm³/mol. The Bertz CT molecular complexity index is 1340. The molecule has 0 unspecified atom stereocenters. The van der Waals surface area contributed by atoms with E-state index >= 15 is 0 Å². The van der Waals surface area contributed by atoms with E-state index in [0.29, 0.717) is 22.0 Å². The minimum absolute atomic E-state index is 0.157. The van der Waals surface area contributed by atoms with Gasteiger partial charge in [-0.05, 0) is 54.6 Å². The molecule has 0 radical (unpaired) electrons. The average Bonchev–Trinajstić information content (AvgIpc) is 3.09. The number of anilines is 1. The Kier molecular flexibility index (Phi) is 7.53. The fraction of sp³-hybridized carbons (Fsp3) is 0.115. The van der Waals surface area contributed by atoms with Crippen LogP contribution in [-0.2, 0) is 16.1 Å². The van der Waals surface area contributed by atoms with E-state index in [-0.39, 0.29) is 29.5 Å². The summed E-state index contributed by atoms with van der Waals surface area (Å²) in [7, 11) is 0. The summed E-state index contributed by atoms with van der Waals surface area (Å²) >= 11 is 6.86. The zero-order valence-electron chi connectivity index (χ0n) is 18.6. The summed E-state index contributed by atoms with van der Waals surface area (Å²) in [4.78, 5) is 38.8. The maximum atomic E-state index is 14.0. The molecule has 1 saturated heterocycles. The van der Waals surface area contributed by atoms with Crippen molar-refractivity contribution < 1.29 is 23.5 Å². The number of nitrogens with zero attached hydrogens (tertiary/aromatic N) is 1. The number of ether oxygens (including phenoxy) is 1. The van der Waals surface area contributed by atoms with Gasteiger partial charge >= 0.3 is 0 Å². The lowest BCUT2D eigenvalue weighted by atomic mass is 10.1. The van der Waals surface area contributed by atoms with Crippen LogP contribution in [0.3, 0.4) is 0 Å². The van der Waals surface area contributed by atoms with Gasteiger partial charge in [-0.15, -0.1) is 0 Å². The number of benzene rings is 3. The van der Waals surface area contributed by atoms with E-state index in [4.69, 9.17) is 16.3 Å². The lowest BCUT2D eigenvalue weighted by molar-refractivity contribution is -0.123. The molecule has 3 aromatic rings. The number of nitrogens with one attached hydrogen (secondary N) is 1. The van der Waals surface area contributed by atoms with E-state index in [1.807, 2.05) is 6.92 Å². The van der Waals surface area contributed by atoms with E-state index in [2.05, 4.69) is 5.32 Å². The van der Waals surface area contributed by atoms with E-state index in [0.717, 1.165) is 22.2 Å². The lowest BCUT2D eigenvalue weighted by Gasteiger charge is -2.13. The molecule has 0 aliphatic carbocycles. The maximum absolute atomic E-state index is 14.0. The summed E-state index contributed by atoms with van der Waals surface area (Å²) < 4.78 is 19.7. The van der Waals surface area contributed by atoms with Crippen molar-refractivity contribution in [2.24, 2.45) is 0 Å². The third-order valence-corrected chi connectivity index (χ3v) is 6.49. The Morgan fingerprint density at radius 2 is 1.86 bits per heavy atom. The Labute approximate surface area is 210 Å². The molecule has 1 heterocycles. The largest absolute Gasteiger partial charge is 0.483 e. The van der Waals surface area contributed by atoms with Crippen molar-refractivity contribution in [1.82, 2.24) is 4.90 Å². The SMILES string of the molecule is Cc1ccc(NC(=O)COc2ccccc2/C=C2\SC(=O)N(Cc3ccccc3F)C2=O)cc1Cl. The van der Waals surface area contributed by atoms with Crippen molar-refractivity contribution in [3.63, 3.8) is 0 Å². The van der Waals surface area contributed by atoms with Crippen LogP contribution in [0.15, 0.2) is 71.6 Å². The zero-order valence-corrected chi connectivity index (χ0v) is 20.2. The minimum atomic E-state index is -0.521. The molecule has 3 amide bonds. The Morgan fingerprint density at radius 3 is 2.63 bits per heavy atom. The van der Waals surface area contributed by atoms with E-state index in [1.165, 1.54) is 18.2 Å². The van der Waals surface area contributed by atoms with Crippen LogP contribution in [0, 0.1) is 12.7 Å². The molecule has 3 aromatic carbocycles. The highest BCUT2D eigenvalue weighted by molar-refractivity contribution is 8.18. The van der Waals surface area contributed by atoms with Gasteiger partial charge in [0.25, 0.3) is 17.1 Å². The number of hydrogen-bond acceptors (Lipinski definition) is 5. The number of hydrogen-bond donors (Lipinski definition) is 1. The number of carbonyl (C=O) groups excluding carboxylic acids is 3. The van der Waals surface area contributed by atoms with Crippen molar-refractivity contribution in [1.29, 1.82) is 0 Å². The first kappa shape index (κ1) is 24.5. The number of para-hydroxylation sites is 1. The molecule has 0 spiro atoms. The van der Waals surface area contributed by atoms with Gasteiger partial charge in [-0.3, -0.25) is 19.3 Å². The number of imide groups is 1. The topological polar surface area (TPSA) is 75.7 Å². The van der Waals surface area contributed by atoms with Crippen LogP contribution in [0.1, 0.15) is 16.7 Å². The molecule has 9 heteroatoms. The highest BCUT2D eigenvalue weighted by atomic mass is 35.5. The van der Waals surface area contributed by atoms with Crippen LogP contribution in [0.2, 0.25) is 5.02 Å². The molecule has 0 bridgehead atoms. The number of aryl methyl sites for hydroxylation is 1. The van der Waals surface area contributed by atoms with E-state index < -0.39 is 17.0 Å². The van der Waals surface area contributed by atoms with Gasteiger partial charge in [0.1, 0.15) is 11.6 Å². The monoisotopic (exact) mass is 510 g/mol. The van der Waals surface area contributed by atoms with Crippen molar-refractivity contribution >= 4 is 52.2 Å². The van der Waals surface area contributed by atoms with Gasteiger partial charge in [0.05, 0.1) is 11.4 Å². The Hall–Kier alpha value is -3.62. The first-order valence-corrected chi connectivity index (χ1v) is 11.8. The summed E-state index contributed by atoms with van der Waals surface area (Å²) in [6, 6.07) is 18.0. The second-order valence-electron chi connectivity index (χ2n) is 7.70. The van der Waals surface area contributed by atoms with Gasteiger partial charge < -0.3 is 10.1 Å². The quantitative estimate of drug-likeness (QED) is 0.392. The molecule has 0 atom stereocenters. The second-order valence-corrected chi connectivity index (χ2v) is 9.10. The normalized spacial score (nSPS) is 14.5. The Balaban J connectivity index is 1.44. The highest BCUT2D eigenvalue weighted by Gasteiger charge is 2.35. The van der Waals surface area contributed by atoms with Crippen LogP contribution in [-0.4, -0.2) is 28.6 Å². The molecule has 178 valence electrons. The van der Waals surface area contributed by atoms with Crippen molar-refractivity contribution in [3.05, 3.63) is 99.2 Å². The third-order valence-electron chi connectivity index (χ3n) is 5.18. The van der Waals surface area contributed by atoms with Crippen LogP contribution in [0.4, 0.5) is 14.9 Å². The molecule has 6 nitrogen and oxygen atoms in total. The molecule has 1 aliphatic heterocycles. The molecule has 4 rings (SSSR count). The molecule has 35 heavy (non-hydrogen) atoms. The summed E-state index contributed by atoms with van der Waals surface area (Å²) in [5, 5.41) is 2.77. The molecule has 1 fully saturated rings. The summed E-state index contributed by atoms with van der Waals surface area (Å²) in [6.07, 6.45) is 1.53. The molecular weight excluding hydrogens is 491 g/mol. The summed E-state index contributed by atoms with van der Waals surface area (Å²) in [5.41, 5.74) is 2.22. The molecule has 0 aromatic heterocycles. The van der Waals surface area contributed by atoms with Gasteiger partial charge in [0.15, 0.2) is 6.61 Å². The van der Waals surface area contributed by atoms with Gasteiger partial charge in [-0.1, -0.05) is 54.1 Å². The van der Waals surface area contributed by atoms with E-state index in [1.54, 1.807) is 54.6 Å². The van der Waals surface area contributed by atoms with Crippen molar-refractivity contribution in [3.8, 4) is 5.75 Å². The molecule has 1 N–H and O–H groups in total. The van der Waals surface area contributed by atoms with Crippen LogP contribution in [0.5, 0.6) is 5.75 Å². The van der Waals surface area contributed by atoms with Gasteiger partial charge in [-0.2, -0.15) is 0 Å². The van der Waals surface area contributed by atoms with Gasteiger partial charge in [0, 0.05) is 21.8 Å². The lowest BCUT2D eigenvalue weighted by Crippen LogP contribution is -2.27. The smallest absolute Gasteiger partial charge is 0.293 e. The van der Waals surface area contributed by atoms with Gasteiger partial charge in [-0.25, -0.2) is 4.39 Å². The second kappa shape index (κ2) is 10.8. The van der Waals surface area contributed by atoms with Crippen molar-refractivity contribution in [2.75, 3.05) is 11.9 Å². The predicted octanol–water partition coefficient (Wildman–Crippen LogP) is 6.04. The van der Waals surface area contributed by atoms with Crippen LogP contribution < -0.4 is 10.1 Å².